The Morgan fingerprint density at radius 2 is 1.84 bits per heavy atom. The fraction of sp³-hybridized carbons (Fsp3) is 0.0714. The summed E-state index contributed by atoms with van der Waals surface area (Å²) in [5.41, 5.74) is 0.177. The van der Waals surface area contributed by atoms with E-state index in [1.165, 1.54) is 19.1 Å². The molecule has 2 aromatic carbocycles. The summed E-state index contributed by atoms with van der Waals surface area (Å²) in [5.74, 6) is -2.16. The third-order valence-corrected chi connectivity index (χ3v) is 3.99. The molecule has 0 aliphatic heterocycles. The van der Waals surface area contributed by atoms with Gasteiger partial charge in [0.25, 0.3) is 0 Å². The van der Waals surface area contributed by atoms with Crippen LogP contribution in [0.5, 0.6) is 0 Å². The van der Waals surface area contributed by atoms with Crippen LogP contribution in [0, 0.1) is 18.6 Å². The van der Waals surface area contributed by atoms with E-state index >= 15 is 0 Å². The molecule has 0 bridgehead atoms. The van der Waals surface area contributed by atoms with Crippen molar-refractivity contribution in [3.05, 3.63) is 68.2 Å². The molecule has 19 heavy (non-hydrogen) atoms. The van der Waals surface area contributed by atoms with Crippen molar-refractivity contribution in [1.29, 1.82) is 0 Å². The van der Waals surface area contributed by atoms with Gasteiger partial charge in [-0.2, -0.15) is 0 Å². The minimum Gasteiger partial charge on any atom is -0.288 e. The molecule has 5 heteroatoms. The van der Waals surface area contributed by atoms with Crippen LogP contribution in [0.4, 0.5) is 8.78 Å². The van der Waals surface area contributed by atoms with E-state index < -0.39 is 17.4 Å². The van der Waals surface area contributed by atoms with Gasteiger partial charge in [-0.25, -0.2) is 8.78 Å². The number of halogens is 4. The molecule has 0 radical (unpaired) electrons. The molecule has 0 aliphatic rings. The van der Waals surface area contributed by atoms with E-state index in [1.807, 2.05) is 0 Å². The predicted molar refractivity (Wildman–Crippen MR) is 73.7 cm³/mol. The van der Waals surface area contributed by atoms with Crippen molar-refractivity contribution in [3.8, 4) is 0 Å². The largest absolute Gasteiger partial charge is 0.288 e. The third kappa shape index (κ3) is 2.69. The Labute approximate surface area is 122 Å². The van der Waals surface area contributed by atoms with E-state index in [4.69, 9.17) is 11.6 Å². The van der Waals surface area contributed by atoms with Crippen LogP contribution >= 0.6 is 27.5 Å². The lowest BCUT2D eigenvalue weighted by atomic mass is 10.0. The van der Waals surface area contributed by atoms with Gasteiger partial charge in [-0.05, 0) is 46.6 Å². The summed E-state index contributed by atoms with van der Waals surface area (Å²) in [6, 6.07) is 6.68. The Balaban J connectivity index is 2.56. The van der Waals surface area contributed by atoms with Crippen LogP contribution in [0.3, 0.4) is 0 Å². The average molecular weight is 346 g/mol. The number of benzene rings is 2. The van der Waals surface area contributed by atoms with Gasteiger partial charge in [0.1, 0.15) is 11.6 Å². The summed E-state index contributed by atoms with van der Waals surface area (Å²) in [4.78, 5) is 12.2. The Kier molecular flexibility index (Phi) is 4.02. The first-order valence-corrected chi connectivity index (χ1v) is 6.53. The first kappa shape index (κ1) is 14.2. The molecule has 1 nitrogen and oxygen atoms in total. The molecule has 2 rings (SSSR count). The maximum absolute atomic E-state index is 13.7. The highest BCUT2D eigenvalue weighted by atomic mass is 79.9. The summed E-state index contributed by atoms with van der Waals surface area (Å²) in [7, 11) is 0. The molecule has 0 spiro atoms. The quantitative estimate of drug-likeness (QED) is 0.706. The molecular weight excluding hydrogens is 338 g/mol. The molecule has 0 N–H and O–H groups in total. The van der Waals surface area contributed by atoms with E-state index in [0.717, 1.165) is 0 Å². The molecule has 0 unspecified atom stereocenters. The molecular formula is C14H8BrClF2O. The zero-order valence-electron chi connectivity index (χ0n) is 9.81. The summed E-state index contributed by atoms with van der Waals surface area (Å²) >= 11 is 9.19. The van der Waals surface area contributed by atoms with Crippen LogP contribution in [0.15, 0.2) is 34.8 Å². The zero-order valence-corrected chi connectivity index (χ0v) is 12.1. The van der Waals surface area contributed by atoms with Crippen molar-refractivity contribution in [2.24, 2.45) is 0 Å². The van der Waals surface area contributed by atoms with Crippen molar-refractivity contribution >= 4 is 33.3 Å². The van der Waals surface area contributed by atoms with Crippen molar-refractivity contribution in [1.82, 2.24) is 0 Å². The minimum absolute atomic E-state index is 0.168. The zero-order chi connectivity index (χ0) is 14.2. The molecule has 0 heterocycles. The van der Waals surface area contributed by atoms with Gasteiger partial charge in [-0.15, -0.1) is 0 Å². The maximum Gasteiger partial charge on any atom is 0.197 e. The van der Waals surface area contributed by atoms with Gasteiger partial charge in [0, 0.05) is 16.1 Å². The van der Waals surface area contributed by atoms with Crippen LogP contribution in [-0.4, -0.2) is 5.78 Å². The second kappa shape index (κ2) is 5.39. The second-order valence-corrected chi connectivity index (χ2v) is 5.24. The lowest BCUT2D eigenvalue weighted by Gasteiger charge is -2.07. The Morgan fingerprint density at radius 3 is 2.53 bits per heavy atom. The number of rotatable bonds is 2. The van der Waals surface area contributed by atoms with Crippen LogP contribution in [0.2, 0.25) is 5.02 Å². The molecule has 0 saturated heterocycles. The fourth-order valence-corrected chi connectivity index (χ4v) is 2.23. The average Bonchev–Trinajstić information content (AvgIpc) is 2.36. The van der Waals surface area contributed by atoms with Gasteiger partial charge < -0.3 is 0 Å². The summed E-state index contributed by atoms with van der Waals surface area (Å²) in [5, 5.41) is 0.203. The highest BCUT2D eigenvalue weighted by Gasteiger charge is 2.19. The Bertz CT molecular complexity index is 671. The standard InChI is InChI=1S/C14H8BrClF2O/c1-7-5-9(12(18)6-11(7)17)14(19)8-3-2-4-10(15)13(8)16/h2-6H,1H3. The molecule has 98 valence electrons. The Hall–Kier alpha value is -1.26. The van der Waals surface area contributed by atoms with Crippen LogP contribution in [0.1, 0.15) is 21.5 Å². The number of carbonyl (C=O) groups excluding carboxylic acids is 1. The number of carbonyl (C=O) groups is 1. The minimum atomic E-state index is -0.899. The molecule has 2 aromatic rings. The van der Waals surface area contributed by atoms with Gasteiger partial charge in [0.2, 0.25) is 0 Å². The van der Waals surface area contributed by atoms with E-state index in [2.05, 4.69) is 15.9 Å². The Morgan fingerprint density at radius 1 is 1.16 bits per heavy atom. The monoisotopic (exact) mass is 344 g/mol. The van der Waals surface area contributed by atoms with Gasteiger partial charge in [-0.3, -0.25) is 4.79 Å². The van der Waals surface area contributed by atoms with Crippen LogP contribution in [-0.2, 0) is 0 Å². The fourth-order valence-electron chi connectivity index (χ4n) is 1.66. The van der Waals surface area contributed by atoms with Crippen LogP contribution < -0.4 is 0 Å². The van der Waals surface area contributed by atoms with Crippen LogP contribution in [0.25, 0.3) is 0 Å². The molecule has 0 saturated carbocycles. The highest BCUT2D eigenvalue weighted by molar-refractivity contribution is 9.10. The molecule has 0 fully saturated rings. The van der Waals surface area contributed by atoms with Crippen molar-refractivity contribution in [2.45, 2.75) is 6.92 Å². The molecule has 0 amide bonds. The summed E-state index contributed by atoms with van der Waals surface area (Å²) in [6.45, 7) is 1.47. The normalized spacial score (nSPS) is 10.6. The predicted octanol–water partition coefficient (Wildman–Crippen LogP) is 4.92. The first-order chi connectivity index (χ1) is 8.91. The maximum atomic E-state index is 13.7. The van der Waals surface area contributed by atoms with E-state index in [-0.39, 0.29) is 21.7 Å². The first-order valence-electron chi connectivity index (χ1n) is 5.36. The van der Waals surface area contributed by atoms with Gasteiger partial charge in [0.15, 0.2) is 5.78 Å². The molecule has 0 atom stereocenters. The van der Waals surface area contributed by atoms with Gasteiger partial charge in [0.05, 0.1) is 10.6 Å². The highest BCUT2D eigenvalue weighted by Crippen LogP contribution is 2.28. The third-order valence-electron chi connectivity index (χ3n) is 2.69. The number of aryl methyl sites for hydroxylation is 1. The van der Waals surface area contributed by atoms with Gasteiger partial charge in [-0.1, -0.05) is 17.7 Å². The second-order valence-electron chi connectivity index (χ2n) is 4.01. The summed E-state index contributed by atoms with van der Waals surface area (Å²) in [6.07, 6.45) is 0. The van der Waals surface area contributed by atoms with Crippen molar-refractivity contribution in [2.75, 3.05) is 0 Å². The van der Waals surface area contributed by atoms with E-state index in [9.17, 15) is 13.6 Å². The number of hydrogen-bond donors (Lipinski definition) is 0. The SMILES string of the molecule is Cc1cc(C(=O)c2cccc(Br)c2Cl)c(F)cc1F. The van der Waals surface area contributed by atoms with E-state index in [0.29, 0.717) is 10.5 Å². The number of hydrogen-bond acceptors (Lipinski definition) is 1. The smallest absolute Gasteiger partial charge is 0.197 e. The topological polar surface area (TPSA) is 17.1 Å². The number of ketones is 1. The summed E-state index contributed by atoms with van der Waals surface area (Å²) < 4.78 is 27.4. The molecule has 0 aliphatic carbocycles. The lowest BCUT2D eigenvalue weighted by Crippen LogP contribution is -2.06. The lowest BCUT2D eigenvalue weighted by molar-refractivity contribution is 0.103. The van der Waals surface area contributed by atoms with Crippen molar-refractivity contribution in [3.63, 3.8) is 0 Å². The van der Waals surface area contributed by atoms with Gasteiger partial charge >= 0.3 is 0 Å². The van der Waals surface area contributed by atoms with Crippen molar-refractivity contribution < 1.29 is 13.6 Å². The molecule has 0 aromatic heterocycles. The van der Waals surface area contributed by atoms with E-state index in [1.54, 1.807) is 12.1 Å².